The van der Waals surface area contributed by atoms with Crippen LogP contribution in [0.25, 0.3) is 11.5 Å². The molecule has 2 aromatic heterocycles. The minimum absolute atomic E-state index is 0.543. The lowest BCUT2D eigenvalue weighted by Gasteiger charge is -2.26. The van der Waals surface area contributed by atoms with Crippen LogP contribution in [0.1, 0.15) is 31.6 Å². The van der Waals surface area contributed by atoms with E-state index in [2.05, 4.69) is 48.4 Å². The summed E-state index contributed by atoms with van der Waals surface area (Å²) in [5, 5.41) is 10.7. The van der Waals surface area contributed by atoms with Crippen LogP contribution in [0.5, 0.6) is 0 Å². The molecule has 0 aliphatic heterocycles. The van der Waals surface area contributed by atoms with Gasteiger partial charge in [0.15, 0.2) is 5.76 Å². The first kappa shape index (κ1) is 16.8. The molecule has 1 atom stereocenters. The van der Waals surface area contributed by atoms with Gasteiger partial charge in [0.1, 0.15) is 11.5 Å². The molecule has 0 radical (unpaired) electrons. The van der Waals surface area contributed by atoms with Crippen LogP contribution in [0.4, 0.5) is 0 Å². The third-order valence-electron chi connectivity index (χ3n) is 3.87. The normalized spacial score (nSPS) is 13.2. The van der Waals surface area contributed by atoms with Crippen molar-refractivity contribution in [2.75, 3.05) is 20.6 Å². The van der Waals surface area contributed by atoms with Crippen molar-refractivity contribution in [1.29, 1.82) is 0 Å². The fraction of sp³-hybridized carbons (Fsp3) is 0.588. The number of nitrogens with one attached hydrogen (secondary N) is 2. The summed E-state index contributed by atoms with van der Waals surface area (Å²) in [6, 6.07) is 4.49. The molecule has 122 valence electrons. The van der Waals surface area contributed by atoms with E-state index in [0.29, 0.717) is 12.0 Å². The quantitative estimate of drug-likeness (QED) is 0.787. The third-order valence-corrected chi connectivity index (χ3v) is 3.87. The molecule has 0 amide bonds. The molecule has 5 heteroatoms. The van der Waals surface area contributed by atoms with Gasteiger partial charge in [0, 0.05) is 24.7 Å². The van der Waals surface area contributed by atoms with E-state index in [1.165, 1.54) is 6.42 Å². The van der Waals surface area contributed by atoms with E-state index in [0.717, 1.165) is 35.9 Å². The lowest BCUT2D eigenvalue weighted by atomic mass is 10.0. The monoisotopic (exact) mass is 304 g/mol. The zero-order chi connectivity index (χ0) is 16.1. The molecule has 2 rings (SSSR count). The Morgan fingerprint density at radius 1 is 1.32 bits per heavy atom. The SMILES string of the molecule is Cc1ccc(-c2[nH]ncc2CNCC(CC(C)C)N(C)C)o1. The van der Waals surface area contributed by atoms with Crippen LogP contribution in [0, 0.1) is 12.8 Å². The Morgan fingerprint density at radius 3 is 2.68 bits per heavy atom. The summed E-state index contributed by atoms with van der Waals surface area (Å²) in [5.41, 5.74) is 2.10. The van der Waals surface area contributed by atoms with Gasteiger partial charge in [-0.2, -0.15) is 5.10 Å². The number of nitrogens with zero attached hydrogens (tertiary/aromatic N) is 2. The molecule has 2 aromatic rings. The maximum atomic E-state index is 5.68. The third kappa shape index (κ3) is 4.45. The number of likely N-dealkylation sites (N-methyl/N-ethyl adjacent to an activating group) is 1. The number of hydrogen-bond acceptors (Lipinski definition) is 4. The van der Waals surface area contributed by atoms with Gasteiger partial charge in [-0.1, -0.05) is 13.8 Å². The van der Waals surface area contributed by atoms with Crippen LogP contribution >= 0.6 is 0 Å². The van der Waals surface area contributed by atoms with Gasteiger partial charge in [-0.3, -0.25) is 5.10 Å². The van der Waals surface area contributed by atoms with Crippen molar-refractivity contribution in [2.45, 2.75) is 39.8 Å². The largest absolute Gasteiger partial charge is 0.460 e. The minimum Gasteiger partial charge on any atom is -0.460 e. The van der Waals surface area contributed by atoms with E-state index in [1.807, 2.05) is 25.3 Å². The van der Waals surface area contributed by atoms with Crippen molar-refractivity contribution >= 4 is 0 Å². The molecule has 2 heterocycles. The van der Waals surface area contributed by atoms with Gasteiger partial charge in [0.25, 0.3) is 0 Å². The second-order valence-corrected chi connectivity index (χ2v) is 6.56. The zero-order valence-electron chi connectivity index (χ0n) is 14.3. The van der Waals surface area contributed by atoms with Gasteiger partial charge in [0.2, 0.25) is 0 Å². The second kappa shape index (κ2) is 7.61. The van der Waals surface area contributed by atoms with Crippen LogP contribution in [-0.4, -0.2) is 41.8 Å². The summed E-state index contributed by atoms with van der Waals surface area (Å²) in [6.45, 7) is 8.24. The van der Waals surface area contributed by atoms with Gasteiger partial charge < -0.3 is 14.6 Å². The van der Waals surface area contributed by atoms with E-state index in [1.54, 1.807) is 0 Å². The van der Waals surface area contributed by atoms with Crippen molar-refractivity contribution in [3.63, 3.8) is 0 Å². The molecular weight excluding hydrogens is 276 g/mol. The predicted molar refractivity (Wildman–Crippen MR) is 89.7 cm³/mol. The molecule has 0 aliphatic carbocycles. The van der Waals surface area contributed by atoms with Gasteiger partial charge in [0.05, 0.1) is 6.20 Å². The minimum atomic E-state index is 0.543. The summed E-state index contributed by atoms with van der Waals surface area (Å²) in [5.74, 6) is 2.45. The number of aromatic amines is 1. The topological polar surface area (TPSA) is 57.1 Å². The number of aromatic nitrogens is 2. The van der Waals surface area contributed by atoms with Gasteiger partial charge in [-0.25, -0.2) is 0 Å². The highest BCUT2D eigenvalue weighted by Gasteiger charge is 2.14. The number of rotatable bonds is 8. The Hall–Kier alpha value is -1.59. The Kier molecular flexibility index (Phi) is 5.80. The molecule has 0 bridgehead atoms. The van der Waals surface area contributed by atoms with Crippen LogP contribution in [0.15, 0.2) is 22.7 Å². The average Bonchev–Trinajstić information content (AvgIpc) is 3.05. The van der Waals surface area contributed by atoms with Gasteiger partial charge in [-0.15, -0.1) is 0 Å². The zero-order valence-corrected chi connectivity index (χ0v) is 14.3. The first-order chi connectivity index (χ1) is 10.5. The molecule has 22 heavy (non-hydrogen) atoms. The van der Waals surface area contributed by atoms with Gasteiger partial charge in [-0.05, 0) is 45.5 Å². The van der Waals surface area contributed by atoms with E-state index in [4.69, 9.17) is 4.42 Å². The molecule has 2 N–H and O–H groups in total. The Labute approximate surface area is 133 Å². The van der Waals surface area contributed by atoms with Crippen LogP contribution in [-0.2, 0) is 6.54 Å². The van der Waals surface area contributed by atoms with Crippen LogP contribution < -0.4 is 5.32 Å². The molecule has 0 spiro atoms. The lowest BCUT2D eigenvalue weighted by molar-refractivity contribution is 0.246. The maximum absolute atomic E-state index is 5.68. The van der Waals surface area contributed by atoms with Gasteiger partial charge >= 0.3 is 0 Å². The van der Waals surface area contributed by atoms with Crippen LogP contribution in [0.3, 0.4) is 0 Å². The Bertz CT molecular complexity index is 571. The fourth-order valence-corrected chi connectivity index (χ4v) is 2.62. The predicted octanol–water partition coefficient (Wildman–Crippen LogP) is 3.04. The van der Waals surface area contributed by atoms with E-state index < -0.39 is 0 Å². The van der Waals surface area contributed by atoms with E-state index in [-0.39, 0.29) is 0 Å². The average molecular weight is 304 g/mol. The highest BCUT2D eigenvalue weighted by Crippen LogP contribution is 2.23. The van der Waals surface area contributed by atoms with Crippen molar-refractivity contribution in [3.05, 3.63) is 29.7 Å². The molecule has 1 unspecified atom stereocenters. The Morgan fingerprint density at radius 2 is 2.09 bits per heavy atom. The van der Waals surface area contributed by atoms with E-state index >= 15 is 0 Å². The highest BCUT2D eigenvalue weighted by molar-refractivity contribution is 5.56. The molecule has 0 aromatic carbocycles. The number of furan rings is 1. The summed E-state index contributed by atoms with van der Waals surface area (Å²) < 4.78 is 5.68. The van der Waals surface area contributed by atoms with Crippen molar-refractivity contribution in [3.8, 4) is 11.5 Å². The first-order valence-electron chi connectivity index (χ1n) is 7.93. The maximum Gasteiger partial charge on any atom is 0.152 e. The molecule has 0 saturated carbocycles. The smallest absolute Gasteiger partial charge is 0.152 e. The molecule has 0 aliphatic rings. The second-order valence-electron chi connectivity index (χ2n) is 6.56. The van der Waals surface area contributed by atoms with Crippen LogP contribution in [0.2, 0.25) is 0 Å². The molecule has 0 fully saturated rings. The van der Waals surface area contributed by atoms with Crippen molar-refractivity contribution in [2.24, 2.45) is 5.92 Å². The fourth-order valence-electron chi connectivity index (χ4n) is 2.62. The molecule has 0 saturated heterocycles. The standard InChI is InChI=1S/C17H28N4O/c1-12(2)8-15(21(4)5)11-18-9-14-10-19-20-17(14)16-7-6-13(3)22-16/h6-7,10,12,15,18H,8-9,11H2,1-5H3,(H,19,20). The summed E-state index contributed by atoms with van der Waals surface area (Å²) >= 11 is 0. The first-order valence-corrected chi connectivity index (χ1v) is 7.93. The van der Waals surface area contributed by atoms with E-state index in [9.17, 15) is 0 Å². The Balaban J connectivity index is 1.93. The van der Waals surface area contributed by atoms with Crippen molar-refractivity contribution < 1.29 is 4.42 Å². The highest BCUT2D eigenvalue weighted by atomic mass is 16.3. The lowest BCUT2D eigenvalue weighted by Crippen LogP contribution is -2.38. The molecular formula is C17H28N4O. The molecule has 5 nitrogen and oxygen atoms in total. The summed E-state index contributed by atoms with van der Waals surface area (Å²) in [7, 11) is 4.28. The number of hydrogen-bond donors (Lipinski definition) is 2. The number of aryl methyl sites for hydroxylation is 1. The summed E-state index contributed by atoms with van der Waals surface area (Å²) in [6.07, 6.45) is 3.06. The number of H-pyrrole nitrogens is 1. The summed E-state index contributed by atoms with van der Waals surface area (Å²) in [4.78, 5) is 2.29. The van der Waals surface area contributed by atoms with Crippen molar-refractivity contribution in [1.82, 2.24) is 20.4 Å².